The number of amides is 3. The Bertz CT molecular complexity index is 888. The Balaban J connectivity index is 1.62. The van der Waals surface area contributed by atoms with Crippen LogP contribution in [-0.4, -0.2) is 49.4 Å². The van der Waals surface area contributed by atoms with Gasteiger partial charge in [-0.05, 0) is 23.8 Å². The number of nitrogens with zero attached hydrogens (tertiary/aromatic N) is 2. The van der Waals surface area contributed by atoms with Crippen molar-refractivity contribution in [1.29, 1.82) is 0 Å². The molecule has 0 radical (unpaired) electrons. The maximum absolute atomic E-state index is 12.6. The maximum Gasteiger partial charge on any atom is 0.316 e. The van der Waals surface area contributed by atoms with Crippen LogP contribution in [0.25, 0.3) is 0 Å². The summed E-state index contributed by atoms with van der Waals surface area (Å²) in [6.45, 7) is 0.672. The number of hydrogen-bond acceptors (Lipinski definition) is 4. The maximum atomic E-state index is 12.6. The van der Waals surface area contributed by atoms with E-state index in [1.54, 1.807) is 18.2 Å². The van der Waals surface area contributed by atoms with Crippen LogP contribution in [0.2, 0.25) is 5.02 Å². The molecule has 0 unspecified atom stereocenters. The lowest BCUT2D eigenvalue weighted by Crippen LogP contribution is -2.56. The standard InChI is InChI=1S/C20H20ClN3O4/c1-28-17-8-7-15(21)11-16(17)24-10-9-23(19(26)20(24)27)13-18(25)22-12-14-5-3-2-4-6-14/h2-8,11H,9-10,12-13H2,1H3,(H,22,25). The number of rotatable bonds is 6. The number of ether oxygens (including phenoxy) is 1. The third kappa shape index (κ3) is 4.43. The van der Waals surface area contributed by atoms with Crippen LogP contribution in [0.4, 0.5) is 5.69 Å². The van der Waals surface area contributed by atoms with Crippen molar-refractivity contribution in [2.45, 2.75) is 6.54 Å². The summed E-state index contributed by atoms with van der Waals surface area (Å²) < 4.78 is 5.26. The molecule has 7 nitrogen and oxygen atoms in total. The van der Waals surface area contributed by atoms with Crippen molar-refractivity contribution in [3.05, 3.63) is 59.1 Å². The second kappa shape index (κ2) is 8.75. The predicted octanol–water partition coefficient (Wildman–Crippen LogP) is 1.84. The van der Waals surface area contributed by atoms with Gasteiger partial charge in [-0.25, -0.2) is 0 Å². The molecule has 0 aliphatic carbocycles. The molecule has 0 atom stereocenters. The van der Waals surface area contributed by atoms with Gasteiger partial charge in [0.25, 0.3) is 0 Å². The van der Waals surface area contributed by atoms with E-state index in [1.165, 1.54) is 16.9 Å². The van der Waals surface area contributed by atoms with Gasteiger partial charge < -0.3 is 15.0 Å². The Hall–Kier alpha value is -3.06. The van der Waals surface area contributed by atoms with Crippen LogP contribution in [0.15, 0.2) is 48.5 Å². The molecule has 0 spiro atoms. The highest BCUT2D eigenvalue weighted by atomic mass is 35.5. The smallest absolute Gasteiger partial charge is 0.316 e. The molecule has 8 heteroatoms. The minimum Gasteiger partial charge on any atom is -0.495 e. The highest BCUT2D eigenvalue weighted by Gasteiger charge is 2.35. The second-order valence-electron chi connectivity index (χ2n) is 6.26. The van der Waals surface area contributed by atoms with Gasteiger partial charge in [0.15, 0.2) is 0 Å². The number of benzene rings is 2. The fourth-order valence-corrected chi connectivity index (χ4v) is 3.12. The van der Waals surface area contributed by atoms with Crippen LogP contribution >= 0.6 is 11.6 Å². The molecule has 1 aliphatic heterocycles. The number of halogens is 1. The highest BCUT2D eigenvalue weighted by molar-refractivity contribution is 6.41. The number of methoxy groups -OCH3 is 1. The zero-order valence-corrected chi connectivity index (χ0v) is 16.1. The van der Waals surface area contributed by atoms with Crippen molar-refractivity contribution in [1.82, 2.24) is 10.2 Å². The first kappa shape index (κ1) is 19.7. The van der Waals surface area contributed by atoms with E-state index in [1.807, 2.05) is 30.3 Å². The van der Waals surface area contributed by atoms with E-state index in [0.29, 0.717) is 23.0 Å². The number of nitrogens with one attached hydrogen (secondary N) is 1. The molecule has 28 heavy (non-hydrogen) atoms. The van der Waals surface area contributed by atoms with Crippen LogP contribution in [-0.2, 0) is 20.9 Å². The number of piperazine rings is 1. The average Bonchev–Trinajstić information content (AvgIpc) is 2.71. The fraction of sp³-hybridized carbons (Fsp3) is 0.250. The molecule has 0 bridgehead atoms. The van der Waals surface area contributed by atoms with E-state index in [0.717, 1.165) is 5.56 Å². The van der Waals surface area contributed by atoms with Crippen molar-refractivity contribution in [2.24, 2.45) is 0 Å². The van der Waals surface area contributed by atoms with Crippen molar-refractivity contribution < 1.29 is 19.1 Å². The zero-order valence-electron chi connectivity index (χ0n) is 15.4. The van der Waals surface area contributed by atoms with Crippen LogP contribution in [0, 0.1) is 0 Å². The van der Waals surface area contributed by atoms with Gasteiger partial charge >= 0.3 is 11.8 Å². The quantitative estimate of drug-likeness (QED) is 0.749. The summed E-state index contributed by atoms with van der Waals surface area (Å²) in [5.74, 6) is -1.33. The van der Waals surface area contributed by atoms with Gasteiger partial charge in [0.05, 0.1) is 12.8 Å². The molecule has 1 aliphatic rings. The van der Waals surface area contributed by atoms with Crippen LogP contribution in [0.5, 0.6) is 5.75 Å². The minimum atomic E-state index is -0.733. The van der Waals surface area contributed by atoms with Crippen molar-refractivity contribution in [3.63, 3.8) is 0 Å². The molecule has 2 aromatic rings. The highest BCUT2D eigenvalue weighted by Crippen LogP contribution is 2.32. The SMILES string of the molecule is COc1ccc(Cl)cc1N1CCN(CC(=O)NCc2ccccc2)C(=O)C1=O. The number of hydrogen-bond donors (Lipinski definition) is 1. The first-order valence-corrected chi connectivity index (χ1v) is 9.12. The molecule has 3 amide bonds. The summed E-state index contributed by atoms with van der Waals surface area (Å²) in [6.07, 6.45) is 0. The first-order chi connectivity index (χ1) is 13.5. The van der Waals surface area contributed by atoms with Gasteiger partial charge in [-0.15, -0.1) is 0 Å². The molecule has 3 rings (SSSR count). The normalized spacial score (nSPS) is 14.2. The summed E-state index contributed by atoms with van der Waals surface area (Å²) >= 11 is 6.02. The first-order valence-electron chi connectivity index (χ1n) is 8.74. The van der Waals surface area contributed by atoms with Gasteiger partial charge in [0.2, 0.25) is 5.91 Å². The molecule has 1 N–H and O–H groups in total. The van der Waals surface area contributed by atoms with Gasteiger partial charge in [0.1, 0.15) is 12.3 Å². The van der Waals surface area contributed by atoms with Crippen LogP contribution in [0.3, 0.4) is 0 Å². The van der Waals surface area contributed by atoms with E-state index in [4.69, 9.17) is 16.3 Å². The molecular weight excluding hydrogens is 382 g/mol. The monoisotopic (exact) mass is 401 g/mol. The van der Waals surface area contributed by atoms with E-state index in [-0.39, 0.29) is 25.5 Å². The molecule has 1 saturated heterocycles. The van der Waals surface area contributed by atoms with E-state index >= 15 is 0 Å². The van der Waals surface area contributed by atoms with Gasteiger partial charge in [-0.1, -0.05) is 41.9 Å². The molecule has 0 aromatic heterocycles. The molecule has 146 valence electrons. The summed E-state index contributed by atoms with van der Waals surface area (Å²) in [5.41, 5.74) is 1.39. The molecule has 2 aromatic carbocycles. The van der Waals surface area contributed by atoms with Crippen LogP contribution in [0.1, 0.15) is 5.56 Å². The third-order valence-electron chi connectivity index (χ3n) is 4.41. The summed E-state index contributed by atoms with van der Waals surface area (Å²) in [5, 5.41) is 3.18. The Morgan fingerprint density at radius 3 is 2.57 bits per heavy atom. The number of anilines is 1. The lowest BCUT2D eigenvalue weighted by atomic mass is 10.2. The van der Waals surface area contributed by atoms with Gasteiger partial charge in [0, 0.05) is 24.7 Å². The van der Waals surface area contributed by atoms with Crippen molar-refractivity contribution >= 4 is 35.0 Å². The number of carbonyl (C=O) groups excluding carboxylic acids is 3. The van der Waals surface area contributed by atoms with Crippen LogP contribution < -0.4 is 15.0 Å². The third-order valence-corrected chi connectivity index (χ3v) is 4.64. The Morgan fingerprint density at radius 2 is 1.86 bits per heavy atom. The van der Waals surface area contributed by atoms with Crippen molar-refractivity contribution in [2.75, 3.05) is 31.6 Å². The van der Waals surface area contributed by atoms with Crippen molar-refractivity contribution in [3.8, 4) is 5.75 Å². The second-order valence-corrected chi connectivity index (χ2v) is 6.70. The van der Waals surface area contributed by atoms with Gasteiger partial charge in [-0.2, -0.15) is 0 Å². The average molecular weight is 402 g/mol. The summed E-state index contributed by atoms with van der Waals surface area (Å²) in [7, 11) is 1.48. The lowest BCUT2D eigenvalue weighted by molar-refractivity contribution is -0.147. The Labute approximate surface area is 167 Å². The van der Waals surface area contributed by atoms with E-state index in [9.17, 15) is 14.4 Å². The van der Waals surface area contributed by atoms with E-state index in [2.05, 4.69) is 5.32 Å². The summed E-state index contributed by atoms with van der Waals surface area (Å²) in [4.78, 5) is 39.8. The number of carbonyl (C=O) groups is 3. The molecule has 0 saturated carbocycles. The minimum absolute atomic E-state index is 0.169. The lowest BCUT2D eigenvalue weighted by Gasteiger charge is -2.34. The molecular formula is C20H20ClN3O4. The summed E-state index contributed by atoms with van der Waals surface area (Å²) in [6, 6.07) is 14.3. The van der Waals surface area contributed by atoms with Gasteiger partial charge in [-0.3, -0.25) is 19.3 Å². The Kier molecular flexibility index (Phi) is 6.16. The zero-order chi connectivity index (χ0) is 20.1. The van der Waals surface area contributed by atoms with E-state index < -0.39 is 11.8 Å². The predicted molar refractivity (Wildman–Crippen MR) is 105 cm³/mol. The molecule has 1 heterocycles. The molecule has 1 fully saturated rings. The fourth-order valence-electron chi connectivity index (χ4n) is 2.96. The Morgan fingerprint density at radius 1 is 1.11 bits per heavy atom. The largest absolute Gasteiger partial charge is 0.495 e. The topological polar surface area (TPSA) is 79.0 Å².